The lowest BCUT2D eigenvalue weighted by molar-refractivity contribution is -0.134. The van der Waals surface area contributed by atoms with Crippen LogP contribution in [0.2, 0.25) is 0 Å². The number of ether oxygens (including phenoxy) is 4. The molecule has 9 nitrogen and oxygen atoms in total. The topological polar surface area (TPSA) is 140 Å². The Balaban J connectivity index is 1.25. The fourth-order valence-electron chi connectivity index (χ4n) is 4.23. The lowest BCUT2D eigenvalue weighted by atomic mass is 10.1. The summed E-state index contributed by atoms with van der Waals surface area (Å²) < 4.78 is 21.7. The molecular weight excluding hydrogens is 560 g/mol. The third-order valence-corrected chi connectivity index (χ3v) is 6.55. The van der Waals surface area contributed by atoms with Crippen molar-refractivity contribution in [2.75, 3.05) is 24.7 Å². The molecule has 3 rings (SSSR count). The summed E-state index contributed by atoms with van der Waals surface area (Å²) in [6.07, 6.45) is 10.9. The van der Waals surface area contributed by atoms with Gasteiger partial charge in [-0.25, -0.2) is 9.59 Å². The molecule has 0 spiro atoms. The molecule has 44 heavy (non-hydrogen) atoms. The molecule has 0 saturated heterocycles. The number of carbonyl (C=O) groups excluding carboxylic acids is 3. The molecule has 0 aromatic heterocycles. The minimum Gasteiger partial charge on any atom is -0.494 e. The highest BCUT2D eigenvalue weighted by Gasteiger charge is 2.09. The van der Waals surface area contributed by atoms with Gasteiger partial charge in [-0.2, -0.15) is 0 Å². The van der Waals surface area contributed by atoms with Crippen molar-refractivity contribution >= 4 is 35.4 Å². The predicted molar refractivity (Wildman–Crippen MR) is 171 cm³/mol. The van der Waals surface area contributed by atoms with Gasteiger partial charge >= 0.3 is 17.9 Å². The zero-order valence-electron chi connectivity index (χ0n) is 25.3. The summed E-state index contributed by atoms with van der Waals surface area (Å²) >= 11 is 0. The van der Waals surface area contributed by atoms with E-state index in [2.05, 4.69) is 6.92 Å². The van der Waals surface area contributed by atoms with Crippen LogP contribution in [-0.2, 0) is 14.3 Å². The number of carbonyl (C=O) groups is 3. The molecule has 0 radical (unpaired) electrons. The van der Waals surface area contributed by atoms with Crippen molar-refractivity contribution in [2.24, 2.45) is 0 Å². The summed E-state index contributed by atoms with van der Waals surface area (Å²) in [4.78, 5) is 36.1. The van der Waals surface area contributed by atoms with Crippen LogP contribution in [0, 0.1) is 0 Å². The van der Waals surface area contributed by atoms with Crippen LogP contribution in [0.15, 0.2) is 72.8 Å². The molecule has 3 aromatic rings. The summed E-state index contributed by atoms with van der Waals surface area (Å²) in [7, 11) is 0. The molecular formula is C35H42N2O7. The minimum atomic E-state index is -0.514. The van der Waals surface area contributed by atoms with Gasteiger partial charge in [0.05, 0.1) is 18.8 Å². The van der Waals surface area contributed by atoms with Gasteiger partial charge in [0.1, 0.15) is 17.2 Å². The molecule has 0 saturated carbocycles. The van der Waals surface area contributed by atoms with E-state index in [1.165, 1.54) is 6.08 Å². The molecule has 0 atom stereocenters. The molecule has 0 aliphatic heterocycles. The summed E-state index contributed by atoms with van der Waals surface area (Å²) in [5.41, 5.74) is 13.5. The number of unbranched alkanes of at least 4 members (excludes halogenated alkanes) is 6. The van der Waals surface area contributed by atoms with E-state index in [4.69, 9.17) is 30.4 Å². The van der Waals surface area contributed by atoms with E-state index in [-0.39, 0.29) is 5.97 Å². The molecule has 0 bridgehead atoms. The van der Waals surface area contributed by atoms with Gasteiger partial charge in [0.25, 0.3) is 0 Å². The van der Waals surface area contributed by atoms with Gasteiger partial charge in [0, 0.05) is 23.9 Å². The van der Waals surface area contributed by atoms with Crippen molar-refractivity contribution in [1.82, 2.24) is 0 Å². The minimum absolute atomic E-state index is 0.269. The van der Waals surface area contributed by atoms with E-state index in [1.54, 1.807) is 48.5 Å². The first-order valence-electron chi connectivity index (χ1n) is 15.1. The zero-order chi connectivity index (χ0) is 31.6. The first-order valence-corrected chi connectivity index (χ1v) is 15.1. The molecule has 0 unspecified atom stereocenters. The van der Waals surface area contributed by atoms with Crippen LogP contribution in [0.4, 0.5) is 11.4 Å². The Morgan fingerprint density at radius 2 is 1.27 bits per heavy atom. The number of esters is 3. The van der Waals surface area contributed by atoms with Crippen LogP contribution in [0.3, 0.4) is 0 Å². The van der Waals surface area contributed by atoms with E-state index in [1.807, 2.05) is 24.3 Å². The molecule has 0 heterocycles. The van der Waals surface area contributed by atoms with Crippen molar-refractivity contribution < 1.29 is 33.3 Å². The van der Waals surface area contributed by atoms with Crippen molar-refractivity contribution in [3.8, 4) is 17.2 Å². The van der Waals surface area contributed by atoms with Crippen LogP contribution < -0.4 is 25.7 Å². The Hall–Kier alpha value is -4.79. The van der Waals surface area contributed by atoms with Crippen LogP contribution in [0.1, 0.15) is 80.6 Å². The van der Waals surface area contributed by atoms with Gasteiger partial charge < -0.3 is 30.4 Å². The number of benzene rings is 3. The Morgan fingerprint density at radius 1 is 0.682 bits per heavy atom. The molecule has 9 heteroatoms. The maximum atomic E-state index is 12.2. The van der Waals surface area contributed by atoms with Crippen LogP contribution in [0.5, 0.6) is 17.2 Å². The van der Waals surface area contributed by atoms with Crippen molar-refractivity contribution in [3.05, 3.63) is 83.9 Å². The summed E-state index contributed by atoms with van der Waals surface area (Å²) in [5, 5.41) is 0. The number of rotatable bonds is 18. The lowest BCUT2D eigenvalue weighted by Crippen LogP contribution is -2.08. The van der Waals surface area contributed by atoms with Gasteiger partial charge in [0.2, 0.25) is 0 Å². The molecule has 234 valence electrons. The molecule has 0 fully saturated rings. The number of anilines is 2. The first kappa shape index (κ1) is 33.7. The molecule has 0 aliphatic rings. The van der Waals surface area contributed by atoms with E-state index in [9.17, 15) is 14.4 Å². The van der Waals surface area contributed by atoms with E-state index in [0.717, 1.165) is 62.7 Å². The quantitative estimate of drug-likeness (QED) is 0.0511. The van der Waals surface area contributed by atoms with Crippen molar-refractivity contribution in [1.29, 1.82) is 0 Å². The van der Waals surface area contributed by atoms with Gasteiger partial charge in [-0.1, -0.05) is 51.2 Å². The van der Waals surface area contributed by atoms with Crippen LogP contribution in [-0.4, -0.2) is 31.1 Å². The smallest absolute Gasteiger partial charge is 0.338 e. The molecule has 0 amide bonds. The fourth-order valence-corrected chi connectivity index (χ4v) is 4.23. The Morgan fingerprint density at radius 3 is 1.93 bits per heavy atom. The van der Waals surface area contributed by atoms with Crippen LogP contribution in [0.25, 0.3) is 6.08 Å². The Labute approximate surface area is 259 Å². The van der Waals surface area contributed by atoms with Gasteiger partial charge in [-0.3, -0.25) is 4.79 Å². The fraction of sp³-hybridized carbons (Fsp3) is 0.343. The third-order valence-electron chi connectivity index (χ3n) is 6.55. The average molecular weight is 603 g/mol. The normalized spacial score (nSPS) is 10.8. The number of hydrogen-bond acceptors (Lipinski definition) is 9. The van der Waals surface area contributed by atoms with E-state index >= 15 is 0 Å². The second-order valence-corrected chi connectivity index (χ2v) is 10.4. The largest absolute Gasteiger partial charge is 0.494 e. The van der Waals surface area contributed by atoms with Crippen molar-refractivity contribution in [3.63, 3.8) is 0 Å². The van der Waals surface area contributed by atoms with Gasteiger partial charge in [-0.15, -0.1) is 0 Å². The number of nitrogen functional groups attached to an aromatic ring is 2. The summed E-state index contributed by atoms with van der Waals surface area (Å²) in [5.74, 6) is 0.331. The van der Waals surface area contributed by atoms with Gasteiger partial charge in [-0.05, 0) is 85.5 Å². The summed E-state index contributed by atoms with van der Waals surface area (Å²) in [6.45, 7) is 3.03. The standard InChI is InChI=1S/C35H42N2O7/c1-2-3-7-10-33(38)43-31-16-18-32(19-17-31)44-34(39)20-13-26-11-14-30(15-12-26)41-21-8-5-4-6-9-22-42-35(40)27-23-28(36)25-29(37)24-27/h11-20,23-25H,2-10,21-22,36-37H2,1H3. The predicted octanol–water partition coefficient (Wildman–Crippen LogP) is 7.14. The lowest BCUT2D eigenvalue weighted by Gasteiger charge is -2.08. The SMILES string of the molecule is CCCCCC(=O)Oc1ccc(OC(=O)C=Cc2ccc(OCCCCCCCOC(=O)c3cc(N)cc(N)c3)cc2)cc1. The molecule has 0 aliphatic carbocycles. The maximum absolute atomic E-state index is 12.2. The highest BCUT2D eigenvalue weighted by molar-refractivity contribution is 5.91. The number of hydrogen-bond donors (Lipinski definition) is 2. The third kappa shape index (κ3) is 13.0. The second-order valence-electron chi connectivity index (χ2n) is 10.4. The van der Waals surface area contributed by atoms with E-state index in [0.29, 0.717) is 48.1 Å². The Kier molecular flexibility index (Phi) is 14.3. The summed E-state index contributed by atoms with van der Waals surface area (Å²) in [6, 6.07) is 18.5. The average Bonchev–Trinajstić information content (AvgIpc) is 3.00. The number of nitrogens with two attached hydrogens (primary N) is 2. The highest BCUT2D eigenvalue weighted by Crippen LogP contribution is 2.20. The first-order chi connectivity index (χ1) is 21.3. The zero-order valence-corrected chi connectivity index (χ0v) is 25.3. The maximum Gasteiger partial charge on any atom is 0.338 e. The van der Waals surface area contributed by atoms with E-state index < -0.39 is 11.9 Å². The highest BCUT2D eigenvalue weighted by atomic mass is 16.5. The van der Waals surface area contributed by atoms with Crippen LogP contribution >= 0.6 is 0 Å². The molecule has 4 N–H and O–H groups in total. The van der Waals surface area contributed by atoms with Crippen molar-refractivity contribution in [2.45, 2.75) is 64.7 Å². The molecule has 3 aromatic carbocycles. The Bertz CT molecular complexity index is 1350. The second kappa shape index (κ2) is 18.7. The monoisotopic (exact) mass is 602 g/mol. The van der Waals surface area contributed by atoms with Gasteiger partial charge in [0.15, 0.2) is 0 Å².